The smallest absolute Gasteiger partial charge is 0.157 e. The summed E-state index contributed by atoms with van der Waals surface area (Å²) in [5.74, 6) is 0.680. The van der Waals surface area contributed by atoms with Gasteiger partial charge in [0.05, 0.1) is 18.0 Å². The molecule has 0 fully saturated rings. The molecule has 0 aromatic carbocycles. The molecule has 1 N–H and O–H groups in total. The molecule has 0 atom stereocenters. The Morgan fingerprint density at radius 2 is 2.07 bits per heavy atom. The van der Waals surface area contributed by atoms with Crippen LogP contribution in [0.25, 0.3) is 5.82 Å². The maximum Gasteiger partial charge on any atom is 0.157 e. The van der Waals surface area contributed by atoms with Crippen LogP contribution in [-0.4, -0.2) is 24.9 Å². The molecule has 5 nitrogen and oxygen atoms in total. The standard InChI is InChI=1S/C10H12N4O/c1-7-3-8(2)14(13-7)10-4-9(5-15)11-6-12-10/h3-4,6,15H,5H2,1-2H3. The zero-order valence-corrected chi connectivity index (χ0v) is 8.68. The summed E-state index contributed by atoms with van der Waals surface area (Å²) in [7, 11) is 0. The van der Waals surface area contributed by atoms with Gasteiger partial charge in [0.25, 0.3) is 0 Å². The van der Waals surface area contributed by atoms with Gasteiger partial charge in [-0.3, -0.25) is 0 Å². The van der Waals surface area contributed by atoms with Crippen molar-refractivity contribution in [3.8, 4) is 5.82 Å². The zero-order valence-electron chi connectivity index (χ0n) is 8.68. The molecular formula is C10H12N4O. The maximum absolute atomic E-state index is 8.96. The topological polar surface area (TPSA) is 63.8 Å². The largest absolute Gasteiger partial charge is 0.390 e. The summed E-state index contributed by atoms with van der Waals surface area (Å²) in [4.78, 5) is 8.03. The summed E-state index contributed by atoms with van der Waals surface area (Å²) >= 11 is 0. The second-order valence-corrected chi connectivity index (χ2v) is 3.36. The molecule has 2 aromatic rings. The lowest BCUT2D eigenvalue weighted by molar-refractivity contribution is 0.276. The van der Waals surface area contributed by atoms with Crippen molar-refractivity contribution in [3.05, 3.63) is 35.5 Å². The molecule has 0 unspecified atom stereocenters. The second kappa shape index (κ2) is 3.78. The Bertz CT molecular complexity index is 478. The summed E-state index contributed by atoms with van der Waals surface area (Å²) < 4.78 is 1.73. The molecule has 0 amide bonds. The van der Waals surface area contributed by atoms with Crippen LogP contribution in [0.15, 0.2) is 18.5 Å². The van der Waals surface area contributed by atoms with Crippen LogP contribution in [0, 0.1) is 13.8 Å². The molecule has 0 aliphatic rings. The summed E-state index contributed by atoms with van der Waals surface area (Å²) in [6.07, 6.45) is 1.43. The summed E-state index contributed by atoms with van der Waals surface area (Å²) in [6.45, 7) is 3.80. The van der Waals surface area contributed by atoms with Gasteiger partial charge in [-0.25, -0.2) is 14.6 Å². The Hall–Kier alpha value is -1.75. The number of aromatic nitrogens is 4. The Balaban J connectivity index is 2.49. The van der Waals surface area contributed by atoms with E-state index in [1.807, 2.05) is 19.9 Å². The summed E-state index contributed by atoms with van der Waals surface area (Å²) in [5, 5.41) is 13.3. The molecule has 15 heavy (non-hydrogen) atoms. The van der Waals surface area contributed by atoms with Gasteiger partial charge >= 0.3 is 0 Å². The fraction of sp³-hybridized carbons (Fsp3) is 0.300. The van der Waals surface area contributed by atoms with E-state index in [9.17, 15) is 0 Å². The number of hydrogen-bond donors (Lipinski definition) is 1. The highest BCUT2D eigenvalue weighted by atomic mass is 16.3. The number of aliphatic hydroxyl groups is 1. The van der Waals surface area contributed by atoms with E-state index in [4.69, 9.17) is 5.11 Å². The predicted molar refractivity (Wildman–Crippen MR) is 54.6 cm³/mol. The van der Waals surface area contributed by atoms with Crippen molar-refractivity contribution in [1.82, 2.24) is 19.7 Å². The minimum absolute atomic E-state index is 0.0885. The number of hydrogen-bond acceptors (Lipinski definition) is 4. The highest BCUT2D eigenvalue weighted by Crippen LogP contribution is 2.09. The first-order valence-corrected chi connectivity index (χ1v) is 4.66. The lowest BCUT2D eigenvalue weighted by Crippen LogP contribution is -2.03. The van der Waals surface area contributed by atoms with Gasteiger partial charge in [0.15, 0.2) is 5.82 Å². The van der Waals surface area contributed by atoms with E-state index in [-0.39, 0.29) is 6.61 Å². The molecular weight excluding hydrogens is 192 g/mol. The van der Waals surface area contributed by atoms with Crippen LogP contribution in [-0.2, 0) is 6.61 Å². The zero-order chi connectivity index (χ0) is 10.8. The molecule has 0 radical (unpaired) electrons. The first-order valence-electron chi connectivity index (χ1n) is 4.66. The molecule has 0 spiro atoms. The van der Waals surface area contributed by atoms with Crippen molar-refractivity contribution in [2.75, 3.05) is 0 Å². The second-order valence-electron chi connectivity index (χ2n) is 3.36. The van der Waals surface area contributed by atoms with Crippen molar-refractivity contribution < 1.29 is 5.11 Å². The van der Waals surface area contributed by atoms with Crippen LogP contribution >= 0.6 is 0 Å². The van der Waals surface area contributed by atoms with Crippen molar-refractivity contribution in [2.24, 2.45) is 0 Å². The molecule has 78 valence electrons. The number of aryl methyl sites for hydroxylation is 2. The van der Waals surface area contributed by atoms with Crippen molar-refractivity contribution in [1.29, 1.82) is 0 Å². The van der Waals surface area contributed by atoms with Gasteiger partial charge in [0.1, 0.15) is 6.33 Å². The molecule has 2 heterocycles. The average molecular weight is 204 g/mol. The lowest BCUT2D eigenvalue weighted by atomic mass is 10.4. The first kappa shape index (κ1) is 9.79. The van der Waals surface area contributed by atoms with Gasteiger partial charge in [0.2, 0.25) is 0 Å². The minimum atomic E-state index is -0.0885. The third-order valence-electron chi connectivity index (χ3n) is 2.10. The van der Waals surface area contributed by atoms with E-state index < -0.39 is 0 Å². The normalized spacial score (nSPS) is 10.6. The SMILES string of the molecule is Cc1cc(C)n(-c2cc(CO)ncn2)n1. The van der Waals surface area contributed by atoms with E-state index in [1.165, 1.54) is 6.33 Å². The molecule has 0 aliphatic carbocycles. The molecule has 0 bridgehead atoms. The Kier molecular flexibility index (Phi) is 2.47. The van der Waals surface area contributed by atoms with Crippen molar-refractivity contribution in [2.45, 2.75) is 20.5 Å². The molecule has 0 aliphatic heterocycles. The van der Waals surface area contributed by atoms with Gasteiger partial charge in [-0.15, -0.1) is 0 Å². The van der Waals surface area contributed by atoms with Crippen LogP contribution in [0.5, 0.6) is 0 Å². The van der Waals surface area contributed by atoms with Crippen molar-refractivity contribution >= 4 is 0 Å². The van der Waals surface area contributed by atoms with Gasteiger partial charge < -0.3 is 5.11 Å². The molecule has 2 aromatic heterocycles. The quantitative estimate of drug-likeness (QED) is 0.784. The van der Waals surface area contributed by atoms with Gasteiger partial charge in [-0.2, -0.15) is 5.10 Å². The molecule has 5 heteroatoms. The van der Waals surface area contributed by atoms with Crippen LogP contribution < -0.4 is 0 Å². The Morgan fingerprint density at radius 1 is 1.27 bits per heavy atom. The van der Waals surface area contributed by atoms with Crippen LogP contribution in [0.3, 0.4) is 0 Å². The molecule has 2 rings (SSSR count). The van der Waals surface area contributed by atoms with Crippen molar-refractivity contribution in [3.63, 3.8) is 0 Å². The van der Waals surface area contributed by atoms with Crippen LogP contribution in [0.4, 0.5) is 0 Å². The maximum atomic E-state index is 8.96. The Morgan fingerprint density at radius 3 is 2.67 bits per heavy atom. The van der Waals surface area contributed by atoms with Gasteiger partial charge in [0, 0.05) is 11.8 Å². The Labute approximate surface area is 87.4 Å². The van der Waals surface area contributed by atoms with E-state index in [1.54, 1.807) is 10.7 Å². The fourth-order valence-electron chi connectivity index (χ4n) is 1.45. The average Bonchev–Trinajstić information content (AvgIpc) is 2.58. The molecule has 0 saturated heterocycles. The fourth-order valence-corrected chi connectivity index (χ4v) is 1.45. The predicted octanol–water partition coefficient (Wildman–Crippen LogP) is 0.771. The third kappa shape index (κ3) is 1.87. The highest BCUT2D eigenvalue weighted by molar-refractivity contribution is 5.26. The van der Waals surface area contributed by atoms with E-state index in [0.29, 0.717) is 11.5 Å². The summed E-state index contributed by atoms with van der Waals surface area (Å²) in [6, 6.07) is 3.69. The van der Waals surface area contributed by atoms with E-state index >= 15 is 0 Å². The van der Waals surface area contributed by atoms with Gasteiger partial charge in [-0.1, -0.05) is 0 Å². The summed E-state index contributed by atoms with van der Waals surface area (Å²) in [5.41, 5.74) is 2.54. The lowest BCUT2D eigenvalue weighted by Gasteiger charge is -2.03. The highest BCUT2D eigenvalue weighted by Gasteiger charge is 2.05. The van der Waals surface area contributed by atoms with E-state index in [2.05, 4.69) is 15.1 Å². The number of aliphatic hydroxyl groups excluding tert-OH is 1. The minimum Gasteiger partial charge on any atom is -0.390 e. The first-order chi connectivity index (χ1) is 7.20. The van der Waals surface area contributed by atoms with Crippen LogP contribution in [0.1, 0.15) is 17.1 Å². The van der Waals surface area contributed by atoms with Gasteiger partial charge in [-0.05, 0) is 19.9 Å². The van der Waals surface area contributed by atoms with E-state index in [0.717, 1.165) is 11.4 Å². The monoisotopic (exact) mass is 204 g/mol. The van der Waals surface area contributed by atoms with Crippen LogP contribution in [0.2, 0.25) is 0 Å². The number of rotatable bonds is 2. The third-order valence-corrected chi connectivity index (χ3v) is 2.10. The number of nitrogens with zero attached hydrogens (tertiary/aromatic N) is 4. The molecule has 0 saturated carbocycles.